The van der Waals surface area contributed by atoms with Gasteiger partial charge in [0.25, 0.3) is 5.91 Å². The van der Waals surface area contributed by atoms with Crippen LogP contribution in [0.3, 0.4) is 0 Å². The first-order valence-corrected chi connectivity index (χ1v) is 5.09. The highest BCUT2D eigenvalue weighted by Gasteiger charge is 2.24. The number of carbonyl (C=O) groups is 1. The number of nitrogens with zero attached hydrogens (tertiary/aromatic N) is 1. The smallest absolute Gasteiger partial charge is 0.311 e. The van der Waals surface area contributed by atoms with Crippen LogP contribution in [0.2, 0.25) is 0 Å². The van der Waals surface area contributed by atoms with Gasteiger partial charge in [-0.3, -0.25) is 20.3 Å². The van der Waals surface area contributed by atoms with Gasteiger partial charge in [-0.05, 0) is 6.07 Å². The van der Waals surface area contributed by atoms with Crippen LogP contribution in [-0.2, 0) is 9.53 Å². The Morgan fingerprint density at radius 3 is 2.84 bits per heavy atom. The molecule has 9 heteroatoms. The van der Waals surface area contributed by atoms with Crippen LogP contribution in [0, 0.1) is 15.9 Å². The Balaban J connectivity index is 3.04. The summed E-state index contributed by atoms with van der Waals surface area (Å²) >= 11 is 0. The molecule has 8 nitrogen and oxygen atoms in total. The predicted octanol–water partition coefficient (Wildman–Crippen LogP) is 0.118. The average molecular weight is 273 g/mol. The number of carbonyl (C=O) groups excluding carboxylic acids is 1. The third kappa shape index (κ3) is 3.86. The van der Waals surface area contributed by atoms with E-state index in [1.54, 1.807) is 0 Å². The Morgan fingerprint density at radius 1 is 1.63 bits per heavy atom. The van der Waals surface area contributed by atoms with E-state index in [2.05, 4.69) is 0 Å². The Hall–Kier alpha value is -2.26. The first-order chi connectivity index (χ1) is 8.99. The van der Waals surface area contributed by atoms with Gasteiger partial charge in [-0.15, -0.1) is 0 Å². The van der Waals surface area contributed by atoms with Gasteiger partial charge in [0, 0.05) is 19.2 Å². The van der Waals surface area contributed by atoms with E-state index in [9.17, 15) is 19.3 Å². The molecule has 0 saturated heterocycles. The molecule has 0 bridgehead atoms. The monoisotopic (exact) mass is 273 g/mol. The molecule has 1 aromatic carbocycles. The molecule has 3 N–H and O–H groups in total. The summed E-state index contributed by atoms with van der Waals surface area (Å²) in [4.78, 5) is 21.4. The highest BCUT2D eigenvalue weighted by Crippen LogP contribution is 2.28. The zero-order valence-corrected chi connectivity index (χ0v) is 9.96. The molecule has 0 heterocycles. The largest absolute Gasteiger partial charge is 0.471 e. The van der Waals surface area contributed by atoms with Crippen molar-refractivity contribution in [2.45, 2.75) is 6.10 Å². The number of ether oxygens (including phenoxy) is 2. The number of rotatable bonds is 6. The highest BCUT2D eigenvalue weighted by atomic mass is 19.1. The number of nitrogens with two attached hydrogens (primary N) is 1. The third-order valence-corrected chi connectivity index (χ3v) is 2.14. The number of benzene rings is 1. The molecule has 0 spiro atoms. The van der Waals surface area contributed by atoms with Gasteiger partial charge in [0.1, 0.15) is 5.82 Å². The van der Waals surface area contributed by atoms with E-state index >= 15 is 0 Å². The Morgan fingerprint density at radius 2 is 2.32 bits per heavy atom. The van der Waals surface area contributed by atoms with Gasteiger partial charge < -0.3 is 9.47 Å². The molecule has 0 aliphatic heterocycles. The molecule has 0 aliphatic rings. The van der Waals surface area contributed by atoms with E-state index in [-0.39, 0.29) is 12.4 Å². The zero-order valence-electron chi connectivity index (χ0n) is 9.96. The summed E-state index contributed by atoms with van der Waals surface area (Å²) in [6.07, 6.45) is -1.23. The lowest BCUT2D eigenvalue weighted by molar-refractivity contribution is -0.386. The highest BCUT2D eigenvalue weighted by molar-refractivity contribution is 5.80. The van der Waals surface area contributed by atoms with Crippen molar-refractivity contribution in [1.82, 2.24) is 5.43 Å². The van der Waals surface area contributed by atoms with Crippen LogP contribution in [0.5, 0.6) is 5.75 Å². The summed E-state index contributed by atoms with van der Waals surface area (Å²) in [6.45, 7) is -0.198. The van der Waals surface area contributed by atoms with E-state index in [1.165, 1.54) is 7.11 Å². The van der Waals surface area contributed by atoms with Crippen molar-refractivity contribution in [2.75, 3.05) is 13.7 Å². The lowest BCUT2D eigenvalue weighted by atomic mass is 10.2. The molecule has 1 rings (SSSR count). The van der Waals surface area contributed by atoms with Crippen molar-refractivity contribution in [3.05, 3.63) is 34.1 Å². The second-order valence-corrected chi connectivity index (χ2v) is 3.44. The van der Waals surface area contributed by atoms with Crippen LogP contribution in [0.4, 0.5) is 10.1 Å². The normalized spacial score (nSPS) is 11.7. The van der Waals surface area contributed by atoms with Crippen LogP contribution in [-0.4, -0.2) is 30.7 Å². The van der Waals surface area contributed by atoms with Crippen molar-refractivity contribution in [3.63, 3.8) is 0 Å². The van der Waals surface area contributed by atoms with Crippen molar-refractivity contribution in [3.8, 4) is 5.75 Å². The minimum Gasteiger partial charge on any atom is -0.471 e. The minimum absolute atomic E-state index is 0.198. The molecule has 104 valence electrons. The SMILES string of the molecule is COCC(Oc1cc(F)ccc1[N+](=O)[O-])C(=O)NN. The fraction of sp³-hybridized carbons (Fsp3) is 0.300. The van der Waals surface area contributed by atoms with Gasteiger partial charge in [-0.2, -0.15) is 0 Å². The summed E-state index contributed by atoms with van der Waals surface area (Å²) < 4.78 is 22.9. The fourth-order valence-corrected chi connectivity index (χ4v) is 1.29. The standard InChI is InChI=1S/C10H12FN3O5/c1-18-5-9(10(15)13-12)19-8-4-6(11)2-3-7(8)14(16)17/h2-4,9H,5,12H2,1H3,(H,13,15). The molecule has 19 heavy (non-hydrogen) atoms. The zero-order chi connectivity index (χ0) is 14.4. The number of methoxy groups -OCH3 is 1. The number of hydrazine groups is 1. The molecule has 0 aromatic heterocycles. The number of amides is 1. The quantitative estimate of drug-likeness (QED) is 0.329. The molecule has 1 atom stereocenters. The average Bonchev–Trinajstić information content (AvgIpc) is 2.37. The Labute approximate surface area is 107 Å². The maximum Gasteiger partial charge on any atom is 0.311 e. The van der Waals surface area contributed by atoms with Crippen LogP contribution in [0.15, 0.2) is 18.2 Å². The molecule has 0 aliphatic carbocycles. The second-order valence-electron chi connectivity index (χ2n) is 3.44. The number of halogens is 1. The van der Waals surface area contributed by atoms with Gasteiger partial charge in [-0.1, -0.05) is 0 Å². The lowest BCUT2D eigenvalue weighted by Gasteiger charge is -2.16. The maximum atomic E-state index is 13.1. The van der Waals surface area contributed by atoms with E-state index in [0.29, 0.717) is 0 Å². The Bertz CT molecular complexity index is 482. The number of nitrogens with one attached hydrogen (secondary N) is 1. The summed E-state index contributed by atoms with van der Waals surface area (Å²) in [6, 6.07) is 2.67. The first kappa shape index (κ1) is 14.8. The van der Waals surface area contributed by atoms with Crippen LogP contribution in [0.1, 0.15) is 0 Å². The molecule has 0 radical (unpaired) electrons. The van der Waals surface area contributed by atoms with E-state index < -0.39 is 28.4 Å². The van der Waals surface area contributed by atoms with Crippen LogP contribution in [0.25, 0.3) is 0 Å². The predicted molar refractivity (Wildman–Crippen MR) is 61.7 cm³/mol. The van der Waals surface area contributed by atoms with Gasteiger partial charge in [0.05, 0.1) is 11.5 Å². The topological polar surface area (TPSA) is 117 Å². The van der Waals surface area contributed by atoms with E-state index in [0.717, 1.165) is 18.2 Å². The molecule has 0 fully saturated rings. The fourth-order valence-electron chi connectivity index (χ4n) is 1.29. The summed E-state index contributed by atoms with van der Waals surface area (Å²) in [5.74, 6) is 3.08. The number of hydrogen-bond donors (Lipinski definition) is 2. The molecule has 1 unspecified atom stereocenters. The Kier molecular flexibility index (Phi) is 5.15. The van der Waals surface area contributed by atoms with Gasteiger partial charge in [0.2, 0.25) is 11.9 Å². The first-order valence-electron chi connectivity index (χ1n) is 5.09. The van der Waals surface area contributed by atoms with Crippen molar-refractivity contribution in [2.24, 2.45) is 5.84 Å². The van der Waals surface area contributed by atoms with Crippen LogP contribution < -0.4 is 16.0 Å². The summed E-state index contributed by atoms with van der Waals surface area (Å²) in [7, 11) is 1.31. The minimum atomic E-state index is -1.23. The summed E-state index contributed by atoms with van der Waals surface area (Å²) in [5, 5.41) is 10.8. The van der Waals surface area contributed by atoms with E-state index in [1.807, 2.05) is 5.43 Å². The third-order valence-electron chi connectivity index (χ3n) is 2.14. The van der Waals surface area contributed by atoms with Gasteiger partial charge in [-0.25, -0.2) is 10.2 Å². The van der Waals surface area contributed by atoms with Crippen LogP contribution >= 0.6 is 0 Å². The van der Waals surface area contributed by atoms with Gasteiger partial charge >= 0.3 is 5.69 Å². The number of nitro benzene ring substituents is 1. The van der Waals surface area contributed by atoms with Crippen molar-refractivity contribution < 1.29 is 23.6 Å². The molecule has 1 aromatic rings. The molecule has 1 amide bonds. The van der Waals surface area contributed by atoms with E-state index in [4.69, 9.17) is 15.3 Å². The van der Waals surface area contributed by atoms with Crippen molar-refractivity contribution in [1.29, 1.82) is 0 Å². The van der Waals surface area contributed by atoms with Crippen molar-refractivity contribution >= 4 is 11.6 Å². The molecule has 0 saturated carbocycles. The summed E-state index contributed by atoms with van der Waals surface area (Å²) in [5.41, 5.74) is 1.36. The maximum absolute atomic E-state index is 13.1. The molecular formula is C10H12FN3O5. The second kappa shape index (κ2) is 6.61. The lowest BCUT2D eigenvalue weighted by Crippen LogP contribution is -2.44. The number of hydrogen-bond acceptors (Lipinski definition) is 6. The molecular weight excluding hydrogens is 261 g/mol. The van der Waals surface area contributed by atoms with Gasteiger partial charge in [0.15, 0.2) is 0 Å². The number of nitro groups is 1.